The van der Waals surface area contributed by atoms with E-state index in [-0.39, 0.29) is 24.0 Å². The van der Waals surface area contributed by atoms with Crippen molar-refractivity contribution < 1.29 is 4.52 Å². The molecule has 2 aromatic rings. The van der Waals surface area contributed by atoms with Gasteiger partial charge in [0.05, 0.1) is 18.8 Å². The SMILES string of the molecule is CCNC(=NCc1cccc(N2CC=CC2)c1)NCc1cc(C(C)C)no1.I. The molecule has 0 atom stereocenters. The fourth-order valence-electron chi connectivity index (χ4n) is 2.91. The summed E-state index contributed by atoms with van der Waals surface area (Å²) in [5.41, 5.74) is 3.41. The van der Waals surface area contributed by atoms with Crippen LogP contribution >= 0.6 is 24.0 Å². The molecule has 0 bridgehead atoms. The highest BCUT2D eigenvalue weighted by Crippen LogP contribution is 2.19. The molecule has 0 unspecified atom stereocenters. The smallest absolute Gasteiger partial charge is 0.191 e. The van der Waals surface area contributed by atoms with Gasteiger partial charge in [-0.25, -0.2) is 4.99 Å². The first-order chi connectivity index (χ1) is 13.2. The summed E-state index contributed by atoms with van der Waals surface area (Å²) in [5.74, 6) is 1.95. The van der Waals surface area contributed by atoms with Crippen LogP contribution in [-0.2, 0) is 13.1 Å². The van der Waals surface area contributed by atoms with E-state index >= 15 is 0 Å². The van der Waals surface area contributed by atoms with Crippen molar-refractivity contribution in [2.24, 2.45) is 4.99 Å². The molecule has 0 amide bonds. The molecule has 0 fully saturated rings. The quantitative estimate of drug-likeness (QED) is 0.263. The third-order valence-electron chi connectivity index (χ3n) is 4.46. The number of hydrogen-bond acceptors (Lipinski definition) is 4. The van der Waals surface area contributed by atoms with Gasteiger partial charge < -0.3 is 20.1 Å². The Kier molecular flexibility index (Phi) is 8.82. The molecular weight excluding hydrogens is 465 g/mol. The van der Waals surface area contributed by atoms with Gasteiger partial charge in [-0.3, -0.25) is 0 Å². The van der Waals surface area contributed by atoms with E-state index in [9.17, 15) is 0 Å². The van der Waals surface area contributed by atoms with Crippen molar-refractivity contribution in [1.82, 2.24) is 15.8 Å². The first kappa shape index (κ1) is 22.3. The summed E-state index contributed by atoms with van der Waals surface area (Å²) >= 11 is 0. The van der Waals surface area contributed by atoms with Crippen LogP contribution in [0.4, 0.5) is 5.69 Å². The van der Waals surface area contributed by atoms with Crippen molar-refractivity contribution in [2.45, 2.75) is 39.8 Å². The largest absolute Gasteiger partial charge is 0.364 e. The molecule has 7 heteroatoms. The minimum atomic E-state index is 0. The second-order valence-corrected chi connectivity index (χ2v) is 6.97. The summed E-state index contributed by atoms with van der Waals surface area (Å²) in [6.07, 6.45) is 4.40. The van der Waals surface area contributed by atoms with Gasteiger partial charge in [0.1, 0.15) is 0 Å². The third-order valence-corrected chi connectivity index (χ3v) is 4.46. The molecule has 1 aliphatic rings. The molecule has 6 nitrogen and oxygen atoms in total. The first-order valence-electron chi connectivity index (χ1n) is 9.62. The topological polar surface area (TPSA) is 65.7 Å². The van der Waals surface area contributed by atoms with Crippen LogP contribution in [0.1, 0.15) is 43.7 Å². The minimum Gasteiger partial charge on any atom is -0.364 e. The number of halogens is 1. The zero-order valence-electron chi connectivity index (χ0n) is 16.8. The molecule has 3 rings (SSSR count). The van der Waals surface area contributed by atoms with Crippen LogP contribution in [0.2, 0.25) is 0 Å². The average molecular weight is 495 g/mol. The Morgan fingerprint density at radius 1 is 1.21 bits per heavy atom. The van der Waals surface area contributed by atoms with Crippen molar-refractivity contribution in [3.05, 3.63) is 59.5 Å². The molecule has 1 aromatic heterocycles. The van der Waals surface area contributed by atoms with E-state index in [4.69, 9.17) is 9.52 Å². The molecule has 1 aromatic carbocycles. The Balaban J connectivity index is 0.00000280. The van der Waals surface area contributed by atoms with Crippen molar-refractivity contribution in [3.8, 4) is 0 Å². The summed E-state index contributed by atoms with van der Waals surface area (Å²) < 4.78 is 5.38. The second kappa shape index (κ2) is 11.1. The van der Waals surface area contributed by atoms with Crippen LogP contribution in [0.3, 0.4) is 0 Å². The molecule has 0 spiro atoms. The van der Waals surface area contributed by atoms with Gasteiger partial charge in [-0.1, -0.05) is 43.3 Å². The maximum absolute atomic E-state index is 5.38. The summed E-state index contributed by atoms with van der Waals surface area (Å²) in [7, 11) is 0. The Hall–Kier alpha value is -2.03. The van der Waals surface area contributed by atoms with Crippen LogP contribution < -0.4 is 15.5 Å². The molecule has 152 valence electrons. The number of hydrogen-bond donors (Lipinski definition) is 2. The van der Waals surface area contributed by atoms with Crippen LogP contribution in [-0.4, -0.2) is 30.8 Å². The monoisotopic (exact) mass is 495 g/mol. The predicted molar refractivity (Wildman–Crippen MR) is 125 cm³/mol. The lowest BCUT2D eigenvalue weighted by molar-refractivity contribution is 0.372. The van der Waals surface area contributed by atoms with Gasteiger partial charge in [0.15, 0.2) is 11.7 Å². The number of rotatable bonds is 7. The number of aliphatic imine (C=N–C) groups is 1. The molecule has 2 heterocycles. The Morgan fingerprint density at radius 2 is 2.00 bits per heavy atom. The Labute approximate surface area is 184 Å². The highest BCUT2D eigenvalue weighted by molar-refractivity contribution is 14.0. The lowest BCUT2D eigenvalue weighted by Crippen LogP contribution is -2.36. The maximum Gasteiger partial charge on any atom is 0.191 e. The van der Waals surface area contributed by atoms with E-state index in [1.165, 1.54) is 11.3 Å². The number of guanidine groups is 1. The molecule has 0 radical (unpaired) electrons. The zero-order chi connectivity index (χ0) is 19.1. The van der Waals surface area contributed by atoms with E-state index in [2.05, 4.69) is 77.9 Å². The summed E-state index contributed by atoms with van der Waals surface area (Å²) in [5, 5.41) is 10.7. The molecule has 2 N–H and O–H groups in total. The van der Waals surface area contributed by atoms with Crippen LogP contribution in [0, 0.1) is 0 Å². The fraction of sp³-hybridized carbons (Fsp3) is 0.429. The molecule has 28 heavy (non-hydrogen) atoms. The normalized spacial score (nSPS) is 13.7. The van der Waals surface area contributed by atoms with Crippen LogP contribution in [0.25, 0.3) is 0 Å². The number of nitrogens with one attached hydrogen (secondary N) is 2. The van der Waals surface area contributed by atoms with Crippen molar-refractivity contribution in [3.63, 3.8) is 0 Å². The van der Waals surface area contributed by atoms with Gasteiger partial charge in [-0.05, 0) is 30.5 Å². The van der Waals surface area contributed by atoms with Gasteiger partial charge in [0.2, 0.25) is 0 Å². The Morgan fingerprint density at radius 3 is 2.68 bits per heavy atom. The lowest BCUT2D eigenvalue weighted by atomic mass is 10.1. The molecule has 0 saturated heterocycles. The van der Waals surface area contributed by atoms with E-state index < -0.39 is 0 Å². The van der Waals surface area contributed by atoms with Gasteiger partial charge in [0, 0.05) is 31.4 Å². The lowest BCUT2D eigenvalue weighted by Gasteiger charge is -2.18. The third kappa shape index (κ3) is 6.25. The minimum absolute atomic E-state index is 0. The molecule has 1 aliphatic heterocycles. The van der Waals surface area contributed by atoms with Crippen LogP contribution in [0.5, 0.6) is 0 Å². The van der Waals surface area contributed by atoms with E-state index in [1.54, 1.807) is 0 Å². The van der Waals surface area contributed by atoms with E-state index in [0.29, 0.717) is 19.0 Å². The molecular formula is C21H30IN5O. The molecule has 0 saturated carbocycles. The number of nitrogens with zero attached hydrogens (tertiary/aromatic N) is 3. The maximum atomic E-state index is 5.38. The number of anilines is 1. The number of aromatic nitrogens is 1. The standard InChI is InChI=1S/C21H29N5O.HI/c1-4-22-21(24-15-19-13-20(16(2)3)25-27-19)23-14-17-8-7-9-18(12-17)26-10-5-6-11-26;/h5-9,12-13,16H,4,10-11,14-15H2,1-3H3,(H2,22,23,24);1H. The average Bonchev–Trinajstić information content (AvgIpc) is 3.36. The van der Waals surface area contributed by atoms with Crippen molar-refractivity contribution in [1.29, 1.82) is 0 Å². The zero-order valence-corrected chi connectivity index (χ0v) is 19.1. The summed E-state index contributed by atoms with van der Waals surface area (Å²) in [6, 6.07) is 10.6. The first-order valence-corrected chi connectivity index (χ1v) is 9.62. The Bertz CT molecular complexity index is 792. The van der Waals surface area contributed by atoms with Gasteiger partial charge in [-0.15, -0.1) is 24.0 Å². The number of benzene rings is 1. The van der Waals surface area contributed by atoms with Crippen LogP contribution in [0.15, 0.2) is 52.0 Å². The van der Waals surface area contributed by atoms with E-state index in [1.807, 2.05) is 6.07 Å². The van der Waals surface area contributed by atoms with Gasteiger partial charge in [0.25, 0.3) is 0 Å². The molecule has 0 aliphatic carbocycles. The van der Waals surface area contributed by atoms with Gasteiger partial charge >= 0.3 is 0 Å². The predicted octanol–water partition coefficient (Wildman–Crippen LogP) is 4.05. The van der Waals surface area contributed by atoms with Crippen molar-refractivity contribution in [2.75, 3.05) is 24.5 Å². The second-order valence-electron chi connectivity index (χ2n) is 6.97. The van der Waals surface area contributed by atoms with Crippen molar-refractivity contribution >= 4 is 35.6 Å². The highest BCUT2D eigenvalue weighted by Gasteiger charge is 2.09. The van der Waals surface area contributed by atoms with Gasteiger partial charge in [-0.2, -0.15) is 0 Å². The highest BCUT2D eigenvalue weighted by atomic mass is 127. The summed E-state index contributed by atoms with van der Waals surface area (Å²) in [4.78, 5) is 7.05. The summed E-state index contributed by atoms with van der Waals surface area (Å²) in [6.45, 7) is 10.2. The fourth-order valence-corrected chi connectivity index (χ4v) is 2.91. The van der Waals surface area contributed by atoms with E-state index in [0.717, 1.165) is 37.0 Å².